The second-order valence-electron chi connectivity index (χ2n) is 6.55. The summed E-state index contributed by atoms with van der Waals surface area (Å²) in [6.07, 6.45) is 0. The number of benzene rings is 2. The van der Waals surface area contributed by atoms with E-state index in [-0.39, 0.29) is 11.4 Å². The van der Waals surface area contributed by atoms with Crippen molar-refractivity contribution in [1.29, 1.82) is 0 Å². The minimum Gasteiger partial charge on any atom is -0.497 e. The Kier molecular flexibility index (Phi) is 8.98. The van der Waals surface area contributed by atoms with Crippen LogP contribution in [0.25, 0.3) is 0 Å². The molecule has 2 aromatic rings. The van der Waals surface area contributed by atoms with Crippen molar-refractivity contribution in [3.8, 4) is 5.75 Å². The Morgan fingerprint density at radius 1 is 0.969 bits per heavy atom. The van der Waals surface area contributed by atoms with Crippen LogP contribution in [0.15, 0.2) is 59.5 Å². The number of sulfone groups is 1. The van der Waals surface area contributed by atoms with Gasteiger partial charge in [0.05, 0.1) is 30.8 Å². The Balaban J connectivity index is 1.92. The van der Waals surface area contributed by atoms with Crippen LogP contribution in [0.5, 0.6) is 5.75 Å². The molecule has 1 atom stereocenters. The van der Waals surface area contributed by atoms with E-state index in [1.165, 1.54) is 36.9 Å². The van der Waals surface area contributed by atoms with Crippen LogP contribution in [0, 0.1) is 0 Å². The molecule has 0 bridgehead atoms. The fraction of sp³-hybridized carbons (Fsp3) is 0.250. The summed E-state index contributed by atoms with van der Waals surface area (Å²) >= 11 is 0. The van der Waals surface area contributed by atoms with Gasteiger partial charge in [-0.25, -0.2) is 13.9 Å². The molecule has 172 valence electrons. The molecule has 2 aromatic carbocycles. The number of para-hydroxylation sites is 1. The first-order valence-corrected chi connectivity index (χ1v) is 11.1. The fourth-order valence-corrected chi connectivity index (χ4v) is 4.00. The number of methoxy groups -OCH3 is 1. The number of amides is 3. The van der Waals surface area contributed by atoms with Crippen molar-refractivity contribution in [2.24, 2.45) is 0 Å². The van der Waals surface area contributed by atoms with E-state index in [9.17, 15) is 22.8 Å². The van der Waals surface area contributed by atoms with Crippen LogP contribution >= 0.6 is 0 Å². The molecule has 5 N–H and O–H groups in total. The van der Waals surface area contributed by atoms with E-state index in [0.29, 0.717) is 5.75 Å². The zero-order valence-corrected chi connectivity index (χ0v) is 18.0. The zero-order valence-electron chi connectivity index (χ0n) is 17.2. The smallest absolute Gasteiger partial charge is 0.266 e. The number of hydrogen-bond acceptors (Lipinski definition) is 8. The molecule has 0 spiro atoms. The van der Waals surface area contributed by atoms with Crippen molar-refractivity contribution in [2.75, 3.05) is 31.3 Å². The van der Waals surface area contributed by atoms with Crippen molar-refractivity contribution < 1.29 is 32.7 Å². The summed E-state index contributed by atoms with van der Waals surface area (Å²) in [5.74, 6) is -2.78. The minimum atomic E-state index is -4.00. The summed E-state index contributed by atoms with van der Waals surface area (Å²) < 4.78 is 30.2. The van der Waals surface area contributed by atoms with Gasteiger partial charge in [0, 0.05) is 5.69 Å². The molecule has 0 saturated carbocycles. The minimum absolute atomic E-state index is 0.0936. The average molecular weight is 465 g/mol. The van der Waals surface area contributed by atoms with Crippen LogP contribution in [0.2, 0.25) is 0 Å². The Morgan fingerprint density at radius 3 is 2.22 bits per heavy atom. The highest BCUT2D eigenvalue weighted by molar-refractivity contribution is 7.91. The number of hydroxylamine groups is 1. The third kappa shape index (κ3) is 7.56. The van der Waals surface area contributed by atoms with Crippen LogP contribution in [0.3, 0.4) is 0 Å². The van der Waals surface area contributed by atoms with Gasteiger partial charge in [-0.05, 0) is 36.4 Å². The molecule has 32 heavy (non-hydrogen) atoms. The molecule has 0 aliphatic rings. The maximum absolute atomic E-state index is 12.6. The van der Waals surface area contributed by atoms with Crippen molar-refractivity contribution in [3.05, 3.63) is 54.6 Å². The topological polar surface area (TPSA) is 163 Å². The number of carbonyl (C=O) groups excluding carboxylic acids is 3. The maximum atomic E-state index is 12.6. The monoisotopic (exact) mass is 464 g/mol. The lowest BCUT2D eigenvalue weighted by atomic mass is 10.3. The molecular formula is C20H24N4O7S. The summed E-state index contributed by atoms with van der Waals surface area (Å²) in [7, 11) is -2.57. The van der Waals surface area contributed by atoms with Crippen LogP contribution < -0.4 is 26.2 Å². The summed E-state index contributed by atoms with van der Waals surface area (Å²) in [5, 5.41) is 16.3. The molecule has 0 fully saturated rings. The van der Waals surface area contributed by atoms with Crippen molar-refractivity contribution in [3.63, 3.8) is 0 Å². The van der Waals surface area contributed by atoms with Gasteiger partial charge >= 0.3 is 0 Å². The second-order valence-corrected chi connectivity index (χ2v) is 8.58. The molecule has 0 saturated heterocycles. The molecule has 11 nitrogen and oxygen atoms in total. The highest BCUT2D eigenvalue weighted by Gasteiger charge is 2.28. The first kappa shape index (κ1) is 24.6. The summed E-state index contributed by atoms with van der Waals surface area (Å²) in [4.78, 5) is 35.8. The Hall–Kier alpha value is -3.64. The maximum Gasteiger partial charge on any atom is 0.266 e. The van der Waals surface area contributed by atoms with Crippen LogP contribution in [-0.2, 0) is 24.2 Å². The van der Waals surface area contributed by atoms with Gasteiger partial charge in [0.1, 0.15) is 11.8 Å². The molecular weight excluding hydrogens is 440 g/mol. The standard InChI is InChI=1S/C20H24N4O7S/c1-31-15-7-9-16(10-8-15)32(29,30)13-17(20(27)24-28)23-19(26)12-22-18(25)11-21-14-5-3-2-4-6-14/h2-10,17,21,28H,11-13H2,1H3,(H,22,25)(H,23,26)(H,24,27). The summed E-state index contributed by atoms with van der Waals surface area (Å²) in [6.45, 7) is -0.587. The first-order chi connectivity index (χ1) is 15.2. The average Bonchev–Trinajstić information content (AvgIpc) is 2.81. The lowest BCUT2D eigenvalue weighted by Crippen LogP contribution is -2.52. The second kappa shape index (κ2) is 11.7. The number of carbonyl (C=O) groups is 3. The van der Waals surface area contributed by atoms with Crippen molar-refractivity contribution >= 4 is 33.2 Å². The predicted molar refractivity (Wildman–Crippen MR) is 115 cm³/mol. The van der Waals surface area contributed by atoms with E-state index < -0.39 is 45.9 Å². The SMILES string of the molecule is COc1ccc(S(=O)(=O)CC(NC(=O)CNC(=O)CNc2ccccc2)C(=O)NO)cc1. The van der Waals surface area contributed by atoms with Crippen LogP contribution in [0.1, 0.15) is 0 Å². The highest BCUT2D eigenvalue weighted by Crippen LogP contribution is 2.17. The van der Waals surface area contributed by atoms with Gasteiger partial charge in [-0.2, -0.15) is 0 Å². The Bertz CT molecular complexity index is 1030. The van der Waals surface area contributed by atoms with E-state index >= 15 is 0 Å². The number of rotatable bonds is 11. The molecule has 1 unspecified atom stereocenters. The van der Waals surface area contributed by atoms with E-state index in [1.807, 2.05) is 6.07 Å². The van der Waals surface area contributed by atoms with Gasteiger partial charge in [0.25, 0.3) is 5.91 Å². The lowest BCUT2D eigenvalue weighted by Gasteiger charge is -2.17. The largest absolute Gasteiger partial charge is 0.497 e. The first-order valence-electron chi connectivity index (χ1n) is 9.41. The van der Waals surface area contributed by atoms with Gasteiger partial charge in [-0.15, -0.1) is 0 Å². The van der Waals surface area contributed by atoms with Gasteiger partial charge in [-0.3, -0.25) is 19.6 Å². The van der Waals surface area contributed by atoms with Gasteiger partial charge in [-0.1, -0.05) is 18.2 Å². The van der Waals surface area contributed by atoms with E-state index in [4.69, 9.17) is 9.94 Å². The van der Waals surface area contributed by atoms with E-state index in [0.717, 1.165) is 5.69 Å². The lowest BCUT2D eigenvalue weighted by molar-refractivity contribution is -0.134. The molecule has 0 radical (unpaired) electrons. The highest BCUT2D eigenvalue weighted by atomic mass is 32.2. The molecule has 12 heteroatoms. The van der Waals surface area contributed by atoms with E-state index in [2.05, 4.69) is 16.0 Å². The van der Waals surface area contributed by atoms with Gasteiger partial charge in [0.15, 0.2) is 9.84 Å². The molecule has 0 heterocycles. The van der Waals surface area contributed by atoms with Crippen LogP contribution in [0.4, 0.5) is 5.69 Å². The predicted octanol–water partition coefficient (Wildman–Crippen LogP) is -0.313. The quantitative estimate of drug-likeness (QED) is 0.223. The summed E-state index contributed by atoms with van der Waals surface area (Å²) in [5.41, 5.74) is 2.05. The van der Waals surface area contributed by atoms with Gasteiger partial charge < -0.3 is 20.7 Å². The Morgan fingerprint density at radius 2 is 1.62 bits per heavy atom. The normalized spacial score (nSPS) is 11.7. The third-order valence-corrected chi connectivity index (χ3v) is 6.00. The molecule has 0 aromatic heterocycles. The number of ether oxygens (including phenoxy) is 1. The number of hydrogen-bond donors (Lipinski definition) is 5. The summed E-state index contributed by atoms with van der Waals surface area (Å²) in [6, 6.07) is 12.8. The van der Waals surface area contributed by atoms with Gasteiger partial charge in [0.2, 0.25) is 11.8 Å². The molecule has 0 aliphatic carbocycles. The molecule has 2 rings (SSSR count). The fourth-order valence-electron chi connectivity index (χ4n) is 2.58. The zero-order chi connectivity index (χ0) is 23.6. The number of anilines is 1. The molecule has 0 aliphatic heterocycles. The van der Waals surface area contributed by atoms with E-state index in [1.54, 1.807) is 24.3 Å². The number of nitrogens with one attached hydrogen (secondary N) is 4. The van der Waals surface area contributed by atoms with Crippen molar-refractivity contribution in [1.82, 2.24) is 16.1 Å². The van der Waals surface area contributed by atoms with Crippen molar-refractivity contribution in [2.45, 2.75) is 10.9 Å². The van der Waals surface area contributed by atoms with Crippen LogP contribution in [-0.4, -0.2) is 63.3 Å². The Labute approximate surface area is 185 Å². The third-order valence-electron chi connectivity index (χ3n) is 4.24. The molecule has 3 amide bonds.